The number of hydrogen-bond donors (Lipinski definition) is 2. The lowest BCUT2D eigenvalue weighted by molar-refractivity contribution is 0.414. The predicted molar refractivity (Wildman–Crippen MR) is 117 cm³/mol. The van der Waals surface area contributed by atoms with E-state index in [1.165, 1.54) is 43.5 Å². The van der Waals surface area contributed by atoms with Crippen LogP contribution in [0.1, 0.15) is 11.1 Å². The highest BCUT2D eigenvalue weighted by Gasteiger charge is 2.19. The van der Waals surface area contributed by atoms with Crippen LogP contribution in [0.5, 0.6) is 5.75 Å². The van der Waals surface area contributed by atoms with Crippen LogP contribution in [0.15, 0.2) is 76.5 Å². The maximum Gasteiger partial charge on any atom is 0.261 e. The van der Waals surface area contributed by atoms with Crippen molar-refractivity contribution in [1.29, 1.82) is 0 Å². The summed E-state index contributed by atoms with van der Waals surface area (Å²) in [5.74, 6) is 0.528. The zero-order chi connectivity index (χ0) is 21.9. The molecule has 158 valence electrons. The Morgan fingerprint density at radius 1 is 0.733 bits per heavy atom. The molecule has 0 unspecified atom stereocenters. The Bertz CT molecular complexity index is 1270. The minimum absolute atomic E-state index is 0.0360. The molecule has 0 saturated carbocycles. The highest BCUT2D eigenvalue weighted by Crippen LogP contribution is 2.25. The number of rotatable bonds is 7. The molecule has 0 aromatic heterocycles. The van der Waals surface area contributed by atoms with Gasteiger partial charge >= 0.3 is 0 Å². The van der Waals surface area contributed by atoms with Crippen molar-refractivity contribution in [3.8, 4) is 5.75 Å². The van der Waals surface area contributed by atoms with E-state index in [1.807, 2.05) is 13.0 Å². The number of ether oxygens (including phenoxy) is 1. The first-order valence-electron chi connectivity index (χ1n) is 8.98. The molecule has 0 bridgehead atoms. The van der Waals surface area contributed by atoms with Crippen LogP contribution in [0.4, 0.5) is 11.4 Å². The topological polar surface area (TPSA) is 102 Å². The molecule has 30 heavy (non-hydrogen) atoms. The number of nitrogens with one attached hydrogen (secondary N) is 2. The second-order valence-corrected chi connectivity index (χ2v) is 10.1. The minimum Gasteiger partial charge on any atom is -0.497 e. The van der Waals surface area contributed by atoms with Crippen LogP contribution in [0.2, 0.25) is 0 Å². The van der Waals surface area contributed by atoms with Gasteiger partial charge in [-0.15, -0.1) is 0 Å². The molecule has 0 saturated heterocycles. The molecule has 0 spiro atoms. The predicted octanol–water partition coefficient (Wildman–Crippen LogP) is 3.91. The van der Waals surface area contributed by atoms with Crippen LogP contribution in [-0.4, -0.2) is 23.9 Å². The van der Waals surface area contributed by atoms with Gasteiger partial charge in [0.1, 0.15) is 5.75 Å². The summed E-state index contributed by atoms with van der Waals surface area (Å²) >= 11 is 0. The average Bonchev–Trinajstić information content (AvgIpc) is 2.69. The molecular formula is C21H22N2O5S2. The Morgan fingerprint density at radius 3 is 2.00 bits per heavy atom. The number of anilines is 2. The second kappa shape index (κ2) is 8.37. The van der Waals surface area contributed by atoms with E-state index in [0.717, 1.165) is 5.56 Å². The fourth-order valence-corrected chi connectivity index (χ4v) is 4.96. The molecule has 3 aromatic rings. The number of aryl methyl sites for hydroxylation is 2. The van der Waals surface area contributed by atoms with Crippen molar-refractivity contribution < 1.29 is 21.6 Å². The smallest absolute Gasteiger partial charge is 0.261 e. The summed E-state index contributed by atoms with van der Waals surface area (Å²) < 4.78 is 61.0. The Hall–Kier alpha value is -3.04. The molecule has 0 atom stereocenters. The van der Waals surface area contributed by atoms with Gasteiger partial charge in [0.15, 0.2) is 0 Å². The first-order chi connectivity index (χ1) is 14.1. The Labute approximate surface area is 176 Å². The van der Waals surface area contributed by atoms with Gasteiger partial charge in [0, 0.05) is 5.69 Å². The third-order valence-corrected chi connectivity index (χ3v) is 7.16. The first kappa shape index (κ1) is 21.7. The van der Waals surface area contributed by atoms with E-state index in [2.05, 4.69) is 9.44 Å². The standard InChI is InChI=1S/C21H22N2O5S2/c1-15-5-4-6-17(13-15)22-30(26,27)20-10-7-16(2)21(14-20)23-29(24,25)19-11-8-18(28-3)9-12-19/h4-14,22-23H,1-3H3. The summed E-state index contributed by atoms with van der Waals surface area (Å²) in [7, 11) is -6.32. The third kappa shape index (κ3) is 4.92. The Balaban J connectivity index is 1.90. The minimum atomic E-state index is -3.91. The van der Waals surface area contributed by atoms with Gasteiger partial charge in [-0.1, -0.05) is 18.2 Å². The van der Waals surface area contributed by atoms with E-state index in [-0.39, 0.29) is 15.5 Å². The van der Waals surface area contributed by atoms with Gasteiger partial charge in [-0.25, -0.2) is 16.8 Å². The summed E-state index contributed by atoms with van der Waals surface area (Å²) in [5.41, 5.74) is 2.10. The van der Waals surface area contributed by atoms with Crippen molar-refractivity contribution >= 4 is 31.4 Å². The van der Waals surface area contributed by atoms with Gasteiger partial charge in [0.2, 0.25) is 0 Å². The second-order valence-electron chi connectivity index (χ2n) is 6.73. The number of hydrogen-bond acceptors (Lipinski definition) is 5. The molecule has 2 N–H and O–H groups in total. The summed E-state index contributed by atoms with van der Waals surface area (Å²) in [5, 5.41) is 0. The SMILES string of the molecule is COc1ccc(S(=O)(=O)Nc2cc(S(=O)(=O)Nc3cccc(C)c3)ccc2C)cc1. The zero-order valence-electron chi connectivity index (χ0n) is 16.7. The number of methoxy groups -OCH3 is 1. The average molecular weight is 447 g/mol. The molecule has 9 heteroatoms. The Kier molecular flexibility index (Phi) is 6.04. The lowest BCUT2D eigenvalue weighted by atomic mass is 10.2. The molecule has 0 aliphatic carbocycles. The van der Waals surface area contributed by atoms with Crippen LogP contribution in [0.3, 0.4) is 0 Å². The van der Waals surface area contributed by atoms with Crippen LogP contribution in [0, 0.1) is 13.8 Å². The summed E-state index contributed by atoms with van der Waals surface area (Å²) in [6, 6.07) is 17.1. The van der Waals surface area contributed by atoms with Crippen LogP contribution < -0.4 is 14.2 Å². The maximum absolute atomic E-state index is 12.8. The van der Waals surface area contributed by atoms with Gasteiger partial charge in [-0.2, -0.15) is 0 Å². The van der Waals surface area contributed by atoms with Crippen molar-refractivity contribution in [2.24, 2.45) is 0 Å². The van der Waals surface area contributed by atoms with E-state index < -0.39 is 20.0 Å². The van der Waals surface area contributed by atoms with E-state index >= 15 is 0 Å². The fourth-order valence-electron chi connectivity index (χ4n) is 2.76. The molecule has 0 heterocycles. The maximum atomic E-state index is 12.8. The van der Waals surface area contributed by atoms with Crippen molar-refractivity contribution in [3.63, 3.8) is 0 Å². The van der Waals surface area contributed by atoms with Crippen molar-refractivity contribution in [1.82, 2.24) is 0 Å². The molecule has 0 aliphatic rings. The molecule has 0 aliphatic heterocycles. The molecule has 0 amide bonds. The summed E-state index contributed by atoms with van der Waals surface area (Å²) in [6.07, 6.45) is 0. The van der Waals surface area contributed by atoms with Gasteiger partial charge in [-0.05, 0) is 73.5 Å². The van der Waals surface area contributed by atoms with E-state index in [1.54, 1.807) is 31.2 Å². The van der Waals surface area contributed by atoms with Crippen molar-refractivity contribution in [3.05, 3.63) is 77.9 Å². The molecular weight excluding hydrogens is 424 g/mol. The van der Waals surface area contributed by atoms with Crippen LogP contribution in [-0.2, 0) is 20.0 Å². The monoisotopic (exact) mass is 446 g/mol. The lowest BCUT2D eigenvalue weighted by Crippen LogP contribution is -2.16. The lowest BCUT2D eigenvalue weighted by Gasteiger charge is -2.14. The molecule has 7 nitrogen and oxygen atoms in total. The van der Waals surface area contributed by atoms with E-state index in [4.69, 9.17) is 4.74 Å². The van der Waals surface area contributed by atoms with Gasteiger partial charge in [0.25, 0.3) is 20.0 Å². The molecule has 0 radical (unpaired) electrons. The van der Waals surface area contributed by atoms with E-state index in [9.17, 15) is 16.8 Å². The molecule has 0 fully saturated rings. The third-order valence-electron chi connectivity index (χ3n) is 4.40. The van der Waals surface area contributed by atoms with Crippen LogP contribution >= 0.6 is 0 Å². The van der Waals surface area contributed by atoms with Crippen LogP contribution in [0.25, 0.3) is 0 Å². The Morgan fingerprint density at radius 2 is 1.37 bits per heavy atom. The fraction of sp³-hybridized carbons (Fsp3) is 0.143. The molecule has 3 rings (SSSR count). The largest absolute Gasteiger partial charge is 0.497 e. The highest BCUT2D eigenvalue weighted by atomic mass is 32.2. The van der Waals surface area contributed by atoms with Gasteiger partial charge < -0.3 is 4.74 Å². The van der Waals surface area contributed by atoms with Crippen molar-refractivity contribution in [2.45, 2.75) is 23.6 Å². The van der Waals surface area contributed by atoms with E-state index in [0.29, 0.717) is 17.0 Å². The normalized spacial score (nSPS) is 11.7. The quantitative estimate of drug-likeness (QED) is 0.573. The number of benzene rings is 3. The van der Waals surface area contributed by atoms with Crippen molar-refractivity contribution in [2.75, 3.05) is 16.6 Å². The number of sulfonamides is 2. The highest BCUT2D eigenvalue weighted by molar-refractivity contribution is 7.93. The zero-order valence-corrected chi connectivity index (χ0v) is 18.3. The van der Waals surface area contributed by atoms with Gasteiger partial charge in [0.05, 0.1) is 22.6 Å². The molecule has 3 aromatic carbocycles. The summed E-state index contributed by atoms with van der Waals surface area (Å²) in [6.45, 7) is 3.55. The van der Waals surface area contributed by atoms with Gasteiger partial charge in [-0.3, -0.25) is 9.44 Å². The first-order valence-corrected chi connectivity index (χ1v) is 11.9. The summed E-state index contributed by atoms with van der Waals surface area (Å²) in [4.78, 5) is -0.0177.